The second-order valence-electron chi connectivity index (χ2n) is 12.4. The van der Waals surface area contributed by atoms with E-state index in [1.54, 1.807) is 23.3 Å². The Kier molecular flexibility index (Phi) is 8.83. The molecule has 2 amide bonds. The molecule has 0 saturated carbocycles. The minimum absolute atomic E-state index is 0.197. The van der Waals surface area contributed by atoms with Crippen molar-refractivity contribution in [3.8, 4) is 11.4 Å². The fourth-order valence-corrected chi connectivity index (χ4v) is 5.13. The van der Waals surface area contributed by atoms with Crippen molar-refractivity contribution in [2.45, 2.75) is 53.1 Å². The van der Waals surface area contributed by atoms with Gasteiger partial charge in [-0.05, 0) is 60.9 Å². The molecule has 3 aromatic heterocycles. The van der Waals surface area contributed by atoms with Crippen LogP contribution in [0.2, 0.25) is 0 Å². The first-order valence-corrected chi connectivity index (χ1v) is 15.6. The topological polar surface area (TPSA) is 119 Å². The van der Waals surface area contributed by atoms with Gasteiger partial charge in [0.25, 0.3) is 0 Å². The van der Waals surface area contributed by atoms with E-state index in [1.807, 2.05) is 92.7 Å². The number of benzene rings is 3. The van der Waals surface area contributed by atoms with Gasteiger partial charge < -0.3 is 15.4 Å². The second-order valence-corrected chi connectivity index (χ2v) is 12.4. The SMILES string of the molecule is CCc1cncc(Nc2cc(COc3ccc(NC(=O)Nc4cc(C(C)(C)C)nn4-c4cccc(C)c4)c4ccccc34)ccn2)n1. The highest BCUT2D eigenvalue weighted by atomic mass is 16.5. The molecule has 0 aliphatic rings. The van der Waals surface area contributed by atoms with Crippen LogP contribution in [-0.4, -0.2) is 30.8 Å². The standard InChI is InChI=1S/C37H38N8O2/c1-6-26-21-38-22-34(40-26)42-33-19-25(16-17-39-33)23-47-31-15-14-30(28-12-7-8-13-29(28)31)41-36(46)43-35-20-32(37(3,4)5)44-45(35)27-11-9-10-24(2)18-27/h7-22H,6,23H2,1-5H3,(H,39,40,42)(H2,41,43,46). The van der Waals surface area contributed by atoms with Crippen LogP contribution in [0.15, 0.2) is 97.5 Å². The second kappa shape index (κ2) is 13.3. The lowest BCUT2D eigenvalue weighted by Gasteiger charge is -2.15. The molecule has 10 nitrogen and oxygen atoms in total. The molecule has 6 rings (SSSR count). The first kappa shape index (κ1) is 31.2. The Morgan fingerprint density at radius 2 is 1.72 bits per heavy atom. The summed E-state index contributed by atoms with van der Waals surface area (Å²) in [6, 6.07) is 25.0. The smallest absolute Gasteiger partial charge is 0.324 e. The van der Waals surface area contributed by atoms with Gasteiger partial charge in [0, 0.05) is 34.6 Å². The number of anilines is 4. The van der Waals surface area contributed by atoms with E-state index in [4.69, 9.17) is 9.84 Å². The van der Waals surface area contributed by atoms with Crippen LogP contribution in [0.5, 0.6) is 5.75 Å². The molecule has 238 valence electrons. The van der Waals surface area contributed by atoms with Crippen LogP contribution in [0.1, 0.15) is 50.2 Å². The van der Waals surface area contributed by atoms with E-state index in [-0.39, 0.29) is 11.4 Å². The molecule has 0 fully saturated rings. The normalized spacial score (nSPS) is 11.3. The third-order valence-corrected chi connectivity index (χ3v) is 7.62. The summed E-state index contributed by atoms with van der Waals surface area (Å²) in [5.41, 5.74) is 5.16. The monoisotopic (exact) mass is 626 g/mol. The van der Waals surface area contributed by atoms with E-state index in [2.05, 4.69) is 51.7 Å². The molecule has 0 atom stereocenters. The Morgan fingerprint density at radius 1 is 0.894 bits per heavy atom. The Labute approximate surface area is 274 Å². The first-order chi connectivity index (χ1) is 22.7. The van der Waals surface area contributed by atoms with Crippen LogP contribution in [0.3, 0.4) is 0 Å². The summed E-state index contributed by atoms with van der Waals surface area (Å²) in [5.74, 6) is 2.58. The minimum Gasteiger partial charge on any atom is -0.488 e. The molecule has 3 aromatic carbocycles. The number of ether oxygens (including phenoxy) is 1. The van der Waals surface area contributed by atoms with E-state index >= 15 is 0 Å². The van der Waals surface area contributed by atoms with Crippen molar-refractivity contribution in [2.75, 3.05) is 16.0 Å². The molecular formula is C37H38N8O2. The van der Waals surface area contributed by atoms with Crippen LogP contribution in [0.4, 0.5) is 27.9 Å². The summed E-state index contributed by atoms with van der Waals surface area (Å²) in [6.07, 6.45) is 5.96. The van der Waals surface area contributed by atoms with Gasteiger partial charge >= 0.3 is 6.03 Å². The van der Waals surface area contributed by atoms with Crippen molar-refractivity contribution < 1.29 is 9.53 Å². The van der Waals surface area contributed by atoms with Gasteiger partial charge in [-0.2, -0.15) is 5.10 Å². The molecule has 10 heteroatoms. The van der Waals surface area contributed by atoms with E-state index in [1.165, 1.54) is 0 Å². The number of nitrogens with one attached hydrogen (secondary N) is 3. The van der Waals surface area contributed by atoms with Gasteiger partial charge in [0.1, 0.15) is 29.8 Å². The van der Waals surface area contributed by atoms with Gasteiger partial charge in [0.15, 0.2) is 0 Å². The average molecular weight is 627 g/mol. The van der Waals surface area contributed by atoms with Crippen LogP contribution in [0, 0.1) is 6.92 Å². The zero-order valence-corrected chi connectivity index (χ0v) is 27.2. The van der Waals surface area contributed by atoms with Gasteiger partial charge in [0.2, 0.25) is 0 Å². The van der Waals surface area contributed by atoms with E-state index in [9.17, 15) is 4.79 Å². The van der Waals surface area contributed by atoms with Gasteiger partial charge in [-0.15, -0.1) is 0 Å². The quantitative estimate of drug-likeness (QED) is 0.148. The molecule has 0 unspecified atom stereocenters. The van der Waals surface area contributed by atoms with Gasteiger partial charge in [-0.1, -0.05) is 64.1 Å². The first-order valence-electron chi connectivity index (χ1n) is 15.6. The Hall–Kier alpha value is -5.77. The molecule has 0 aliphatic heterocycles. The Morgan fingerprint density at radius 3 is 2.51 bits per heavy atom. The van der Waals surface area contributed by atoms with E-state index < -0.39 is 0 Å². The maximum absolute atomic E-state index is 13.4. The number of hydrogen-bond acceptors (Lipinski definition) is 7. The van der Waals surface area contributed by atoms with Crippen LogP contribution < -0.4 is 20.7 Å². The number of pyridine rings is 1. The van der Waals surface area contributed by atoms with Crippen LogP contribution in [0.25, 0.3) is 16.5 Å². The van der Waals surface area contributed by atoms with E-state index in [0.717, 1.165) is 45.4 Å². The molecule has 3 heterocycles. The van der Waals surface area contributed by atoms with Crippen LogP contribution in [-0.2, 0) is 18.4 Å². The number of urea groups is 1. The Bertz CT molecular complexity index is 2050. The molecule has 0 saturated heterocycles. The molecule has 0 radical (unpaired) electrons. The number of carbonyl (C=O) groups excluding carboxylic acids is 1. The number of fused-ring (bicyclic) bond motifs is 1. The Balaban J connectivity index is 1.18. The van der Waals surface area contributed by atoms with Gasteiger partial charge in [-0.3, -0.25) is 10.3 Å². The maximum Gasteiger partial charge on any atom is 0.324 e. The predicted molar refractivity (Wildman–Crippen MR) is 187 cm³/mol. The van der Waals surface area contributed by atoms with E-state index in [0.29, 0.717) is 35.5 Å². The highest BCUT2D eigenvalue weighted by Gasteiger charge is 2.22. The number of hydrogen-bond donors (Lipinski definition) is 3. The number of amides is 2. The minimum atomic E-state index is -0.371. The summed E-state index contributed by atoms with van der Waals surface area (Å²) in [7, 11) is 0. The highest BCUT2D eigenvalue weighted by Crippen LogP contribution is 2.33. The van der Waals surface area contributed by atoms with Crippen molar-refractivity contribution >= 4 is 39.9 Å². The largest absolute Gasteiger partial charge is 0.488 e. The number of nitrogens with zero attached hydrogens (tertiary/aromatic N) is 5. The lowest BCUT2D eigenvalue weighted by Crippen LogP contribution is -2.21. The van der Waals surface area contributed by atoms with Gasteiger partial charge in [-0.25, -0.2) is 19.4 Å². The third-order valence-electron chi connectivity index (χ3n) is 7.62. The van der Waals surface area contributed by atoms with Crippen molar-refractivity contribution in [1.82, 2.24) is 24.7 Å². The van der Waals surface area contributed by atoms with Crippen LogP contribution >= 0.6 is 0 Å². The molecular weight excluding hydrogens is 588 g/mol. The van der Waals surface area contributed by atoms with Crippen molar-refractivity contribution in [1.29, 1.82) is 0 Å². The zero-order valence-electron chi connectivity index (χ0n) is 27.2. The summed E-state index contributed by atoms with van der Waals surface area (Å²) in [6.45, 7) is 10.7. The molecule has 6 aromatic rings. The lowest BCUT2D eigenvalue weighted by atomic mass is 9.92. The highest BCUT2D eigenvalue weighted by molar-refractivity contribution is 6.07. The molecule has 47 heavy (non-hydrogen) atoms. The maximum atomic E-state index is 13.4. The number of aryl methyl sites for hydroxylation is 2. The molecule has 0 aliphatic carbocycles. The molecule has 0 spiro atoms. The third kappa shape index (κ3) is 7.38. The lowest BCUT2D eigenvalue weighted by molar-refractivity contribution is 0.262. The summed E-state index contributed by atoms with van der Waals surface area (Å²) < 4.78 is 8.06. The summed E-state index contributed by atoms with van der Waals surface area (Å²) in [4.78, 5) is 26.6. The molecule has 3 N–H and O–H groups in total. The van der Waals surface area contributed by atoms with Crippen molar-refractivity contribution in [3.63, 3.8) is 0 Å². The fourth-order valence-electron chi connectivity index (χ4n) is 5.13. The number of carbonyl (C=O) groups is 1. The van der Waals surface area contributed by atoms with Crippen molar-refractivity contribution in [3.05, 3.63) is 120 Å². The predicted octanol–water partition coefficient (Wildman–Crippen LogP) is 8.35. The van der Waals surface area contributed by atoms with Crippen molar-refractivity contribution in [2.24, 2.45) is 0 Å². The number of rotatable bonds is 9. The fraction of sp³-hybridized carbons (Fsp3) is 0.216. The summed E-state index contributed by atoms with van der Waals surface area (Å²) in [5, 5.41) is 15.9. The average Bonchev–Trinajstić information content (AvgIpc) is 3.49. The summed E-state index contributed by atoms with van der Waals surface area (Å²) >= 11 is 0. The zero-order chi connectivity index (χ0) is 33.0. The number of aromatic nitrogens is 5. The molecule has 0 bridgehead atoms. The van der Waals surface area contributed by atoms with Gasteiger partial charge in [0.05, 0.1) is 29.0 Å².